The molecule has 1 aliphatic heterocycles. The van der Waals surface area contributed by atoms with Gasteiger partial charge in [0.2, 0.25) is 5.91 Å². The van der Waals surface area contributed by atoms with Crippen LogP contribution in [0.5, 0.6) is 0 Å². The molecule has 3 aromatic rings. The topological polar surface area (TPSA) is 73.0 Å². The van der Waals surface area contributed by atoms with Crippen molar-refractivity contribution in [2.45, 2.75) is 32.7 Å². The fraction of sp³-hybridized carbons (Fsp3) is 0.368. The third kappa shape index (κ3) is 2.89. The quantitative estimate of drug-likeness (QED) is 0.722. The second-order valence-corrected chi connectivity index (χ2v) is 6.70. The number of aromatic nitrogens is 4. The minimum Gasteiger partial charge on any atom is -0.341 e. The first-order valence-electron chi connectivity index (χ1n) is 8.92. The van der Waals surface area contributed by atoms with Gasteiger partial charge < -0.3 is 4.90 Å². The van der Waals surface area contributed by atoms with Crippen LogP contribution in [-0.2, 0) is 11.3 Å². The molecular weight excluding hydrogens is 330 g/mol. The van der Waals surface area contributed by atoms with Crippen molar-refractivity contribution >= 4 is 16.9 Å². The van der Waals surface area contributed by atoms with E-state index >= 15 is 0 Å². The fourth-order valence-corrected chi connectivity index (χ4v) is 3.43. The van der Waals surface area contributed by atoms with Gasteiger partial charge in [-0.25, -0.2) is 9.67 Å². The average Bonchev–Trinajstić information content (AvgIpc) is 3.10. The van der Waals surface area contributed by atoms with Gasteiger partial charge in [0, 0.05) is 13.1 Å². The first-order valence-corrected chi connectivity index (χ1v) is 8.92. The van der Waals surface area contributed by atoms with Crippen LogP contribution < -0.4 is 5.56 Å². The molecule has 0 saturated carbocycles. The third-order valence-corrected chi connectivity index (χ3v) is 4.91. The monoisotopic (exact) mass is 351 g/mol. The number of rotatable bonds is 3. The minimum absolute atomic E-state index is 0.0251. The average molecular weight is 351 g/mol. The number of para-hydroxylation sites is 1. The van der Waals surface area contributed by atoms with Crippen molar-refractivity contribution in [1.82, 2.24) is 24.2 Å². The van der Waals surface area contributed by atoms with Crippen molar-refractivity contribution in [2.75, 3.05) is 13.1 Å². The molecule has 1 amide bonds. The summed E-state index contributed by atoms with van der Waals surface area (Å²) >= 11 is 0. The van der Waals surface area contributed by atoms with Crippen LogP contribution in [0.3, 0.4) is 0 Å². The molecule has 1 saturated heterocycles. The lowest BCUT2D eigenvalue weighted by Crippen LogP contribution is -2.39. The highest BCUT2D eigenvalue weighted by Crippen LogP contribution is 2.17. The highest BCUT2D eigenvalue weighted by Gasteiger charge is 2.19. The van der Waals surface area contributed by atoms with Crippen LogP contribution in [0, 0.1) is 6.92 Å². The summed E-state index contributed by atoms with van der Waals surface area (Å²) in [5.41, 5.74) is 2.20. The summed E-state index contributed by atoms with van der Waals surface area (Å²) in [6, 6.07) is 7.81. The van der Waals surface area contributed by atoms with E-state index in [9.17, 15) is 9.59 Å². The number of benzene rings is 1. The summed E-state index contributed by atoms with van der Waals surface area (Å²) < 4.78 is 3.05. The summed E-state index contributed by atoms with van der Waals surface area (Å²) in [7, 11) is 0. The van der Waals surface area contributed by atoms with Gasteiger partial charge in [-0.15, -0.1) is 0 Å². The molecule has 2 aromatic heterocycles. The zero-order chi connectivity index (χ0) is 18.1. The highest BCUT2D eigenvalue weighted by atomic mass is 16.2. The van der Waals surface area contributed by atoms with Crippen LogP contribution in [-0.4, -0.2) is 43.2 Å². The molecule has 1 fully saturated rings. The van der Waals surface area contributed by atoms with E-state index in [2.05, 4.69) is 10.1 Å². The van der Waals surface area contributed by atoms with Crippen molar-refractivity contribution in [3.8, 4) is 5.69 Å². The summed E-state index contributed by atoms with van der Waals surface area (Å²) in [4.78, 5) is 31.5. The highest BCUT2D eigenvalue weighted by molar-refractivity contribution is 5.78. The summed E-state index contributed by atoms with van der Waals surface area (Å²) in [6.45, 7) is 3.56. The Morgan fingerprint density at radius 1 is 1.15 bits per heavy atom. The van der Waals surface area contributed by atoms with E-state index < -0.39 is 0 Å². The lowest BCUT2D eigenvalue weighted by molar-refractivity contribution is -0.132. The summed E-state index contributed by atoms with van der Waals surface area (Å²) in [5.74, 6) is -0.0285. The van der Waals surface area contributed by atoms with Gasteiger partial charge in [0.15, 0.2) is 5.65 Å². The van der Waals surface area contributed by atoms with Gasteiger partial charge in [-0.1, -0.05) is 18.2 Å². The maximum Gasteiger partial charge on any atom is 0.264 e. The molecule has 0 spiro atoms. The second-order valence-electron chi connectivity index (χ2n) is 6.70. The first kappa shape index (κ1) is 16.5. The molecule has 1 aromatic carbocycles. The van der Waals surface area contributed by atoms with E-state index in [1.807, 2.05) is 36.1 Å². The van der Waals surface area contributed by atoms with Gasteiger partial charge in [-0.05, 0) is 37.8 Å². The number of piperidine rings is 1. The normalized spacial score (nSPS) is 14.7. The van der Waals surface area contributed by atoms with Gasteiger partial charge in [0.1, 0.15) is 18.3 Å². The number of aryl methyl sites for hydroxylation is 1. The Labute approximate surface area is 150 Å². The number of likely N-dealkylation sites (tertiary alicyclic amines) is 1. The molecule has 0 aliphatic carbocycles. The molecule has 1 aliphatic rings. The Kier molecular flexibility index (Phi) is 4.28. The molecular formula is C19H21N5O2. The van der Waals surface area contributed by atoms with Crippen LogP contribution >= 0.6 is 0 Å². The number of carbonyl (C=O) groups is 1. The third-order valence-electron chi connectivity index (χ3n) is 4.91. The van der Waals surface area contributed by atoms with E-state index in [1.165, 1.54) is 17.1 Å². The Bertz CT molecular complexity index is 1010. The number of hydrogen-bond acceptors (Lipinski definition) is 4. The van der Waals surface area contributed by atoms with E-state index in [4.69, 9.17) is 0 Å². The van der Waals surface area contributed by atoms with E-state index in [-0.39, 0.29) is 18.0 Å². The predicted molar refractivity (Wildman–Crippen MR) is 98.3 cm³/mol. The molecule has 7 nitrogen and oxygen atoms in total. The number of carbonyl (C=O) groups excluding carboxylic acids is 1. The van der Waals surface area contributed by atoms with E-state index in [0.29, 0.717) is 11.0 Å². The molecule has 4 rings (SSSR count). The van der Waals surface area contributed by atoms with E-state index in [0.717, 1.165) is 43.6 Å². The smallest absolute Gasteiger partial charge is 0.264 e. The fourth-order valence-electron chi connectivity index (χ4n) is 3.43. The molecule has 0 radical (unpaired) electrons. The van der Waals surface area contributed by atoms with Crippen LogP contribution in [0.15, 0.2) is 41.6 Å². The van der Waals surface area contributed by atoms with Crippen molar-refractivity contribution in [1.29, 1.82) is 0 Å². The van der Waals surface area contributed by atoms with Crippen molar-refractivity contribution in [3.05, 3.63) is 52.7 Å². The molecule has 0 bridgehead atoms. The van der Waals surface area contributed by atoms with Crippen LogP contribution in [0.4, 0.5) is 0 Å². The minimum atomic E-state index is -0.236. The molecule has 26 heavy (non-hydrogen) atoms. The number of hydrogen-bond donors (Lipinski definition) is 0. The Morgan fingerprint density at radius 3 is 2.69 bits per heavy atom. The molecule has 3 heterocycles. The second kappa shape index (κ2) is 6.74. The van der Waals surface area contributed by atoms with Crippen molar-refractivity contribution in [2.24, 2.45) is 0 Å². The largest absolute Gasteiger partial charge is 0.341 e. The van der Waals surface area contributed by atoms with Gasteiger partial charge in [0.25, 0.3) is 5.56 Å². The van der Waals surface area contributed by atoms with Crippen molar-refractivity contribution < 1.29 is 4.79 Å². The maximum absolute atomic E-state index is 12.8. The Hall–Kier alpha value is -2.96. The Balaban J connectivity index is 1.67. The first-order chi connectivity index (χ1) is 12.6. The van der Waals surface area contributed by atoms with Gasteiger partial charge in [0.05, 0.1) is 11.9 Å². The van der Waals surface area contributed by atoms with Crippen molar-refractivity contribution in [3.63, 3.8) is 0 Å². The standard InChI is InChI=1S/C19H21N5O2/c1-14-7-3-4-8-16(14)24-18-15(11-21-24)19(26)23(13-20-18)12-17(25)22-9-5-2-6-10-22/h3-4,7-8,11,13H,2,5-6,9-10,12H2,1H3. The van der Waals surface area contributed by atoms with E-state index in [1.54, 1.807) is 4.68 Å². The molecule has 134 valence electrons. The summed E-state index contributed by atoms with van der Waals surface area (Å²) in [5, 5.41) is 4.76. The van der Waals surface area contributed by atoms with Crippen LogP contribution in [0.1, 0.15) is 24.8 Å². The van der Waals surface area contributed by atoms with Crippen LogP contribution in [0.2, 0.25) is 0 Å². The molecule has 0 N–H and O–H groups in total. The van der Waals surface area contributed by atoms with Crippen LogP contribution in [0.25, 0.3) is 16.7 Å². The zero-order valence-corrected chi connectivity index (χ0v) is 14.8. The lowest BCUT2D eigenvalue weighted by Gasteiger charge is -2.26. The lowest BCUT2D eigenvalue weighted by atomic mass is 10.1. The zero-order valence-electron chi connectivity index (χ0n) is 14.8. The maximum atomic E-state index is 12.8. The SMILES string of the molecule is Cc1ccccc1-n1ncc2c(=O)n(CC(=O)N3CCCCC3)cnc21. The van der Waals surface area contributed by atoms with Gasteiger partial charge in [-0.3, -0.25) is 14.2 Å². The molecule has 7 heteroatoms. The Morgan fingerprint density at radius 2 is 1.92 bits per heavy atom. The van der Waals surface area contributed by atoms with Gasteiger partial charge >= 0.3 is 0 Å². The number of amides is 1. The number of fused-ring (bicyclic) bond motifs is 1. The predicted octanol–water partition coefficient (Wildman–Crippen LogP) is 1.90. The summed E-state index contributed by atoms with van der Waals surface area (Å²) in [6.07, 6.45) is 6.19. The van der Waals surface area contributed by atoms with Gasteiger partial charge in [-0.2, -0.15) is 5.10 Å². The number of nitrogens with zero attached hydrogens (tertiary/aromatic N) is 5. The molecule has 0 atom stereocenters. The molecule has 0 unspecified atom stereocenters.